The lowest BCUT2D eigenvalue weighted by molar-refractivity contribution is -0.139. The molecule has 0 spiro atoms. The number of rotatable bonds is 4. The Morgan fingerprint density at radius 3 is 2.39 bits per heavy atom. The fourth-order valence-corrected chi connectivity index (χ4v) is 1.80. The molecule has 1 N–H and O–H groups in total. The Morgan fingerprint density at radius 2 is 1.83 bits per heavy atom. The summed E-state index contributed by atoms with van der Waals surface area (Å²) in [4.78, 5) is 0. The van der Waals surface area contributed by atoms with Crippen LogP contribution < -0.4 is 0 Å². The molecule has 18 heavy (non-hydrogen) atoms. The zero-order valence-corrected chi connectivity index (χ0v) is 10.7. The summed E-state index contributed by atoms with van der Waals surface area (Å²) in [6, 6.07) is 2.13. The molecule has 0 bridgehead atoms. The van der Waals surface area contributed by atoms with Crippen molar-refractivity contribution in [3.05, 3.63) is 33.8 Å². The van der Waals surface area contributed by atoms with E-state index in [1.807, 2.05) is 0 Å². The summed E-state index contributed by atoms with van der Waals surface area (Å²) in [7, 11) is 0. The van der Waals surface area contributed by atoms with Crippen LogP contribution in [0.1, 0.15) is 18.4 Å². The van der Waals surface area contributed by atoms with Gasteiger partial charge in [0.15, 0.2) is 0 Å². The SMILES string of the molecule is OC(CCC(F)(F)F)Cc1c(F)ccc(Br)c1F. The topological polar surface area (TPSA) is 20.2 Å². The number of aliphatic hydroxyl groups excluding tert-OH is 1. The van der Waals surface area contributed by atoms with Crippen molar-refractivity contribution in [2.24, 2.45) is 0 Å². The van der Waals surface area contributed by atoms with Crippen molar-refractivity contribution in [3.8, 4) is 0 Å². The molecule has 1 aromatic rings. The van der Waals surface area contributed by atoms with Crippen molar-refractivity contribution >= 4 is 15.9 Å². The average molecular weight is 333 g/mol. The van der Waals surface area contributed by atoms with E-state index in [0.29, 0.717) is 0 Å². The van der Waals surface area contributed by atoms with Crippen LogP contribution in [0.4, 0.5) is 22.0 Å². The Labute approximate surface area is 109 Å². The van der Waals surface area contributed by atoms with Crippen molar-refractivity contribution in [2.45, 2.75) is 31.5 Å². The Bertz CT molecular complexity index is 419. The third-order valence-corrected chi connectivity index (χ3v) is 2.95. The molecule has 0 saturated heterocycles. The molecule has 1 unspecified atom stereocenters. The molecule has 0 heterocycles. The minimum absolute atomic E-state index is 0.00178. The summed E-state index contributed by atoms with van der Waals surface area (Å²) in [6.45, 7) is 0. The van der Waals surface area contributed by atoms with E-state index >= 15 is 0 Å². The van der Waals surface area contributed by atoms with Crippen LogP contribution in [0, 0.1) is 11.6 Å². The van der Waals surface area contributed by atoms with Crippen molar-refractivity contribution in [3.63, 3.8) is 0 Å². The highest BCUT2D eigenvalue weighted by molar-refractivity contribution is 9.10. The third kappa shape index (κ3) is 4.53. The lowest BCUT2D eigenvalue weighted by atomic mass is 10.0. The lowest BCUT2D eigenvalue weighted by Gasteiger charge is -2.13. The Kier molecular flexibility index (Phi) is 5.10. The predicted molar refractivity (Wildman–Crippen MR) is 59.1 cm³/mol. The van der Waals surface area contributed by atoms with Crippen LogP contribution >= 0.6 is 15.9 Å². The van der Waals surface area contributed by atoms with E-state index in [9.17, 15) is 27.1 Å². The minimum Gasteiger partial charge on any atom is -0.393 e. The Balaban J connectivity index is 2.70. The van der Waals surface area contributed by atoms with Gasteiger partial charge in [0.05, 0.1) is 10.6 Å². The van der Waals surface area contributed by atoms with Gasteiger partial charge < -0.3 is 5.11 Å². The number of benzene rings is 1. The molecule has 7 heteroatoms. The van der Waals surface area contributed by atoms with Gasteiger partial charge in [-0.15, -0.1) is 0 Å². The molecule has 0 saturated carbocycles. The molecule has 0 radical (unpaired) electrons. The highest BCUT2D eigenvalue weighted by atomic mass is 79.9. The highest BCUT2D eigenvalue weighted by Gasteiger charge is 2.28. The van der Waals surface area contributed by atoms with Crippen LogP contribution in [0.2, 0.25) is 0 Å². The summed E-state index contributed by atoms with van der Waals surface area (Å²) >= 11 is 2.84. The first kappa shape index (κ1) is 15.4. The second kappa shape index (κ2) is 5.97. The van der Waals surface area contributed by atoms with E-state index < -0.39 is 48.7 Å². The number of alkyl halides is 3. The zero-order chi connectivity index (χ0) is 13.9. The smallest absolute Gasteiger partial charge is 0.389 e. The fraction of sp³-hybridized carbons (Fsp3) is 0.455. The van der Waals surface area contributed by atoms with E-state index in [-0.39, 0.29) is 4.47 Å². The van der Waals surface area contributed by atoms with Crippen LogP contribution in [0.25, 0.3) is 0 Å². The van der Waals surface area contributed by atoms with E-state index in [1.54, 1.807) is 0 Å². The summed E-state index contributed by atoms with van der Waals surface area (Å²) in [5.41, 5.74) is -0.418. The van der Waals surface area contributed by atoms with E-state index in [2.05, 4.69) is 15.9 Å². The number of aliphatic hydroxyl groups is 1. The maximum atomic E-state index is 13.5. The molecule has 0 aliphatic heterocycles. The first-order chi connectivity index (χ1) is 8.20. The number of halogens is 6. The zero-order valence-electron chi connectivity index (χ0n) is 9.07. The van der Waals surface area contributed by atoms with Crippen LogP contribution in [0.15, 0.2) is 16.6 Å². The Morgan fingerprint density at radius 1 is 1.22 bits per heavy atom. The second-order valence-electron chi connectivity index (χ2n) is 3.83. The maximum absolute atomic E-state index is 13.5. The monoisotopic (exact) mass is 332 g/mol. The van der Waals surface area contributed by atoms with Gasteiger partial charge in [-0.2, -0.15) is 13.2 Å². The van der Waals surface area contributed by atoms with Gasteiger partial charge in [0.2, 0.25) is 0 Å². The third-order valence-electron chi connectivity index (χ3n) is 2.34. The fourth-order valence-electron chi connectivity index (χ4n) is 1.42. The van der Waals surface area contributed by atoms with Crippen molar-refractivity contribution in [1.82, 2.24) is 0 Å². The van der Waals surface area contributed by atoms with E-state index in [1.165, 1.54) is 0 Å². The number of hydrogen-bond donors (Lipinski definition) is 1. The largest absolute Gasteiger partial charge is 0.393 e. The summed E-state index contributed by atoms with van der Waals surface area (Å²) < 4.78 is 62.5. The van der Waals surface area contributed by atoms with Crippen LogP contribution in [-0.4, -0.2) is 17.4 Å². The molecule has 0 aliphatic rings. The lowest BCUT2D eigenvalue weighted by Crippen LogP contribution is -2.17. The molecule has 0 aromatic heterocycles. The molecular weight excluding hydrogens is 323 g/mol. The normalized spacial score (nSPS) is 13.7. The summed E-state index contributed by atoms with van der Waals surface area (Å²) in [5, 5.41) is 9.36. The van der Waals surface area contributed by atoms with Gasteiger partial charge in [-0.1, -0.05) is 0 Å². The first-order valence-electron chi connectivity index (χ1n) is 5.08. The summed E-state index contributed by atoms with van der Waals surface area (Å²) in [6.07, 6.45) is -8.10. The van der Waals surface area contributed by atoms with Gasteiger partial charge in [0.1, 0.15) is 11.6 Å². The molecule has 0 fully saturated rings. The van der Waals surface area contributed by atoms with Crippen molar-refractivity contribution in [2.75, 3.05) is 0 Å². The van der Waals surface area contributed by atoms with Gasteiger partial charge in [0, 0.05) is 18.4 Å². The van der Waals surface area contributed by atoms with Crippen LogP contribution in [0.3, 0.4) is 0 Å². The molecule has 1 aromatic carbocycles. The average Bonchev–Trinajstić information content (AvgIpc) is 2.26. The molecular formula is C11H10BrF5O. The maximum Gasteiger partial charge on any atom is 0.389 e. The van der Waals surface area contributed by atoms with Gasteiger partial charge >= 0.3 is 6.18 Å². The molecule has 0 amide bonds. The molecule has 1 atom stereocenters. The van der Waals surface area contributed by atoms with Gasteiger partial charge in [-0.05, 0) is 34.5 Å². The van der Waals surface area contributed by atoms with Crippen molar-refractivity contribution < 1.29 is 27.1 Å². The minimum atomic E-state index is -4.39. The molecule has 0 aliphatic carbocycles. The van der Waals surface area contributed by atoms with E-state index in [4.69, 9.17) is 0 Å². The van der Waals surface area contributed by atoms with Gasteiger partial charge in [-0.25, -0.2) is 8.78 Å². The van der Waals surface area contributed by atoms with Gasteiger partial charge in [-0.3, -0.25) is 0 Å². The van der Waals surface area contributed by atoms with Crippen LogP contribution in [0.5, 0.6) is 0 Å². The standard InChI is InChI=1S/C11H10BrF5O/c12-8-1-2-9(13)7(10(8)14)5-6(18)3-4-11(15,16)17/h1-2,6,18H,3-5H2. The second-order valence-corrected chi connectivity index (χ2v) is 4.69. The molecule has 102 valence electrons. The van der Waals surface area contributed by atoms with Crippen molar-refractivity contribution in [1.29, 1.82) is 0 Å². The first-order valence-corrected chi connectivity index (χ1v) is 5.87. The Hall–Kier alpha value is -0.690. The van der Waals surface area contributed by atoms with Gasteiger partial charge in [0.25, 0.3) is 0 Å². The quantitative estimate of drug-likeness (QED) is 0.653. The van der Waals surface area contributed by atoms with Crippen LogP contribution in [-0.2, 0) is 6.42 Å². The molecule has 1 rings (SSSR count). The van der Waals surface area contributed by atoms with E-state index in [0.717, 1.165) is 12.1 Å². The highest BCUT2D eigenvalue weighted by Crippen LogP contribution is 2.26. The summed E-state index contributed by atoms with van der Waals surface area (Å²) in [5.74, 6) is -1.79. The predicted octanol–water partition coefficient (Wildman–Crippen LogP) is 3.97. The molecule has 1 nitrogen and oxygen atoms in total. The number of hydrogen-bond acceptors (Lipinski definition) is 1.